The number of aliphatic carboxylic acids is 1. The SMILES string of the molecule is CC/C(=C(/c1ccc(/C=C/C(=O)O)cc1)c1ccc(N)c(C=N)c1)c1ccc(Oc2ncccn2)cc1. The predicted molar refractivity (Wildman–Crippen MR) is 147 cm³/mol. The molecule has 0 fully saturated rings. The van der Waals surface area contributed by atoms with E-state index in [1.54, 1.807) is 24.5 Å². The highest BCUT2D eigenvalue weighted by Crippen LogP contribution is 2.36. The molecule has 0 aliphatic rings. The molecule has 37 heavy (non-hydrogen) atoms. The van der Waals surface area contributed by atoms with Gasteiger partial charge in [-0.05, 0) is 76.2 Å². The minimum absolute atomic E-state index is 0.278. The number of ether oxygens (including phenoxy) is 1. The van der Waals surface area contributed by atoms with Crippen LogP contribution in [0, 0.1) is 5.41 Å². The number of carboxylic acids is 1. The van der Waals surface area contributed by atoms with E-state index in [2.05, 4.69) is 16.9 Å². The third kappa shape index (κ3) is 6.15. The molecule has 7 heteroatoms. The second-order valence-corrected chi connectivity index (χ2v) is 8.15. The Labute approximate surface area is 215 Å². The van der Waals surface area contributed by atoms with Gasteiger partial charge in [0.2, 0.25) is 0 Å². The van der Waals surface area contributed by atoms with E-state index < -0.39 is 5.97 Å². The van der Waals surface area contributed by atoms with E-state index in [1.165, 1.54) is 6.21 Å². The van der Waals surface area contributed by atoms with Gasteiger partial charge >= 0.3 is 12.0 Å². The van der Waals surface area contributed by atoms with Crippen LogP contribution in [0.2, 0.25) is 0 Å². The average Bonchev–Trinajstić information content (AvgIpc) is 2.92. The van der Waals surface area contributed by atoms with E-state index in [-0.39, 0.29) is 6.01 Å². The molecule has 0 unspecified atom stereocenters. The van der Waals surface area contributed by atoms with Crippen molar-refractivity contribution in [3.63, 3.8) is 0 Å². The second-order valence-electron chi connectivity index (χ2n) is 8.15. The molecule has 1 aromatic heterocycles. The van der Waals surface area contributed by atoms with Crippen molar-refractivity contribution in [1.29, 1.82) is 5.41 Å². The Bertz CT molecular complexity index is 1460. The molecule has 4 aromatic rings. The molecule has 0 aliphatic carbocycles. The summed E-state index contributed by atoms with van der Waals surface area (Å²) < 4.78 is 5.75. The number of allylic oxidation sites excluding steroid dienone is 1. The molecule has 0 radical (unpaired) electrons. The van der Waals surface area contributed by atoms with Gasteiger partial charge in [0.05, 0.1) is 0 Å². The number of nitrogens with one attached hydrogen (secondary N) is 1. The first-order chi connectivity index (χ1) is 18.0. The zero-order valence-electron chi connectivity index (χ0n) is 20.3. The van der Waals surface area contributed by atoms with Crippen LogP contribution in [-0.4, -0.2) is 27.3 Å². The Morgan fingerprint density at radius 1 is 0.973 bits per heavy atom. The van der Waals surface area contributed by atoms with Crippen LogP contribution in [0.1, 0.15) is 41.2 Å². The van der Waals surface area contributed by atoms with Crippen molar-refractivity contribution in [3.05, 3.63) is 119 Å². The first-order valence-electron chi connectivity index (χ1n) is 11.7. The van der Waals surface area contributed by atoms with Crippen molar-refractivity contribution in [2.75, 3.05) is 5.73 Å². The molecule has 184 valence electrons. The van der Waals surface area contributed by atoms with E-state index in [4.69, 9.17) is 21.0 Å². The Kier molecular flexibility index (Phi) is 7.85. The summed E-state index contributed by atoms with van der Waals surface area (Å²) >= 11 is 0. The van der Waals surface area contributed by atoms with Gasteiger partial charge in [0.15, 0.2) is 0 Å². The van der Waals surface area contributed by atoms with Crippen molar-refractivity contribution in [3.8, 4) is 11.8 Å². The summed E-state index contributed by atoms with van der Waals surface area (Å²) in [5, 5.41) is 16.7. The lowest BCUT2D eigenvalue weighted by Crippen LogP contribution is -1.99. The summed E-state index contributed by atoms with van der Waals surface area (Å²) in [5.41, 5.74) is 13.0. The van der Waals surface area contributed by atoms with Crippen LogP contribution >= 0.6 is 0 Å². The number of carbonyl (C=O) groups is 1. The Balaban J connectivity index is 1.80. The molecule has 0 bridgehead atoms. The maximum absolute atomic E-state index is 10.9. The fraction of sp³-hybridized carbons (Fsp3) is 0.0667. The molecular weight excluding hydrogens is 464 g/mol. The van der Waals surface area contributed by atoms with Crippen LogP contribution in [0.3, 0.4) is 0 Å². The van der Waals surface area contributed by atoms with Crippen LogP contribution in [-0.2, 0) is 4.79 Å². The van der Waals surface area contributed by atoms with E-state index in [9.17, 15) is 4.79 Å². The predicted octanol–water partition coefficient (Wildman–Crippen LogP) is 6.32. The Hall–Kier alpha value is -5.04. The summed E-state index contributed by atoms with van der Waals surface area (Å²) in [6.07, 6.45) is 7.91. The quantitative estimate of drug-likeness (QED) is 0.109. The smallest absolute Gasteiger partial charge is 0.328 e. The summed E-state index contributed by atoms with van der Waals surface area (Å²) in [6, 6.07) is 23.1. The highest BCUT2D eigenvalue weighted by Gasteiger charge is 2.15. The van der Waals surface area contributed by atoms with Crippen LogP contribution in [0.5, 0.6) is 11.8 Å². The van der Waals surface area contributed by atoms with Gasteiger partial charge in [-0.25, -0.2) is 14.8 Å². The highest BCUT2D eigenvalue weighted by atomic mass is 16.5. The molecule has 1 heterocycles. The van der Waals surface area contributed by atoms with Gasteiger partial charge in [-0.3, -0.25) is 0 Å². The number of aromatic nitrogens is 2. The van der Waals surface area contributed by atoms with Crippen molar-refractivity contribution < 1.29 is 14.6 Å². The summed E-state index contributed by atoms with van der Waals surface area (Å²) in [6.45, 7) is 2.09. The number of anilines is 1. The third-order valence-electron chi connectivity index (χ3n) is 5.76. The van der Waals surface area contributed by atoms with Gasteiger partial charge in [0, 0.05) is 35.9 Å². The van der Waals surface area contributed by atoms with Gasteiger partial charge < -0.3 is 21.0 Å². The fourth-order valence-electron chi connectivity index (χ4n) is 3.99. The fourth-order valence-corrected chi connectivity index (χ4v) is 3.99. The molecular formula is C30H26N4O3. The molecule has 4 rings (SSSR count). The van der Waals surface area contributed by atoms with Crippen LogP contribution < -0.4 is 10.5 Å². The van der Waals surface area contributed by atoms with Crippen LogP contribution in [0.4, 0.5) is 5.69 Å². The maximum atomic E-state index is 10.9. The largest absolute Gasteiger partial charge is 0.478 e. The number of nitrogens with zero attached hydrogens (tertiary/aromatic N) is 2. The topological polar surface area (TPSA) is 122 Å². The summed E-state index contributed by atoms with van der Waals surface area (Å²) in [4.78, 5) is 19.1. The number of hydrogen-bond acceptors (Lipinski definition) is 6. The van der Waals surface area contributed by atoms with E-state index in [0.29, 0.717) is 17.0 Å². The molecule has 0 saturated carbocycles. The summed E-state index contributed by atoms with van der Waals surface area (Å²) in [5.74, 6) is -0.370. The van der Waals surface area contributed by atoms with Crippen molar-refractivity contribution >= 4 is 35.1 Å². The molecule has 0 aliphatic heterocycles. The normalized spacial score (nSPS) is 11.7. The van der Waals surface area contributed by atoms with Gasteiger partial charge in [-0.2, -0.15) is 0 Å². The van der Waals surface area contributed by atoms with Gasteiger partial charge in [-0.15, -0.1) is 0 Å². The molecule has 0 amide bonds. The van der Waals surface area contributed by atoms with E-state index >= 15 is 0 Å². The van der Waals surface area contributed by atoms with Gasteiger partial charge in [0.1, 0.15) is 5.75 Å². The standard InChI is InChI=1S/C30H26N4O3/c1-2-26(21-9-12-25(13-10-21)37-30-33-16-3-17-34-30)29(23-11-14-27(32)24(18-23)19-31)22-7-4-20(5-8-22)6-15-28(35)36/h3-19,31H,2,32H2,1H3,(H,35,36)/b15-6+,29-26+,31-19?. The minimum atomic E-state index is -0.995. The van der Waals surface area contributed by atoms with Crippen molar-refractivity contribution in [2.24, 2.45) is 0 Å². The van der Waals surface area contributed by atoms with Crippen LogP contribution in [0.25, 0.3) is 17.2 Å². The lowest BCUT2D eigenvalue weighted by molar-refractivity contribution is -0.131. The number of rotatable bonds is 9. The van der Waals surface area contributed by atoms with Crippen LogP contribution in [0.15, 0.2) is 91.3 Å². The maximum Gasteiger partial charge on any atom is 0.328 e. The zero-order valence-corrected chi connectivity index (χ0v) is 20.3. The van der Waals surface area contributed by atoms with E-state index in [0.717, 1.165) is 45.9 Å². The van der Waals surface area contributed by atoms with E-state index in [1.807, 2.05) is 66.7 Å². The Morgan fingerprint density at radius 3 is 2.24 bits per heavy atom. The number of benzene rings is 3. The average molecular weight is 491 g/mol. The van der Waals surface area contributed by atoms with Gasteiger partial charge in [0.25, 0.3) is 0 Å². The van der Waals surface area contributed by atoms with Gasteiger partial charge in [-0.1, -0.05) is 49.4 Å². The second kappa shape index (κ2) is 11.6. The summed E-state index contributed by atoms with van der Waals surface area (Å²) in [7, 11) is 0. The highest BCUT2D eigenvalue weighted by molar-refractivity contribution is 6.00. The monoisotopic (exact) mass is 490 g/mol. The number of carboxylic acid groups (broad SMARTS) is 1. The lowest BCUT2D eigenvalue weighted by Gasteiger charge is -2.18. The molecule has 0 spiro atoms. The third-order valence-corrected chi connectivity index (χ3v) is 5.76. The lowest BCUT2D eigenvalue weighted by atomic mass is 9.87. The van der Waals surface area contributed by atoms with Crippen molar-refractivity contribution in [2.45, 2.75) is 13.3 Å². The van der Waals surface area contributed by atoms with Crippen molar-refractivity contribution in [1.82, 2.24) is 9.97 Å². The minimum Gasteiger partial charge on any atom is -0.478 e. The number of hydrogen-bond donors (Lipinski definition) is 3. The first kappa shape index (κ1) is 25.1. The molecule has 7 nitrogen and oxygen atoms in total. The number of nitrogens with two attached hydrogens (primary N) is 1. The Morgan fingerprint density at radius 2 is 1.62 bits per heavy atom. The molecule has 0 saturated heterocycles. The molecule has 0 atom stereocenters. The molecule has 4 N–H and O–H groups in total. The molecule has 3 aromatic carbocycles. The first-order valence-corrected chi connectivity index (χ1v) is 11.7. The zero-order chi connectivity index (χ0) is 26.2. The number of nitrogen functional groups attached to an aromatic ring is 1.